The minimum absolute atomic E-state index is 0.000556. The van der Waals surface area contributed by atoms with Crippen molar-refractivity contribution in [3.63, 3.8) is 0 Å². The van der Waals surface area contributed by atoms with E-state index in [9.17, 15) is 14.7 Å². The lowest BCUT2D eigenvalue weighted by atomic mass is 9.89. The predicted molar refractivity (Wildman–Crippen MR) is 58.7 cm³/mol. The number of aliphatic hydroxyl groups excluding tert-OH is 1. The third kappa shape index (κ3) is 3.31. The molecular formula is C12H16O4. The number of ketones is 1. The molecule has 0 aliphatic heterocycles. The van der Waals surface area contributed by atoms with Crippen LogP contribution in [0.25, 0.3) is 0 Å². The average Bonchev–Trinajstić information content (AvgIpc) is 2.16. The van der Waals surface area contributed by atoms with Gasteiger partial charge in [-0.05, 0) is 18.9 Å². The highest BCUT2D eigenvalue weighted by Gasteiger charge is 2.25. The summed E-state index contributed by atoms with van der Waals surface area (Å²) in [4.78, 5) is 22.4. The molecule has 0 saturated carbocycles. The molecule has 4 heteroatoms. The van der Waals surface area contributed by atoms with Crippen LogP contribution >= 0.6 is 0 Å². The van der Waals surface area contributed by atoms with Crippen LogP contribution in [0.5, 0.6) is 0 Å². The lowest BCUT2D eigenvalue weighted by Crippen LogP contribution is -2.25. The lowest BCUT2D eigenvalue weighted by Gasteiger charge is -2.21. The highest BCUT2D eigenvalue weighted by Crippen LogP contribution is 2.23. The summed E-state index contributed by atoms with van der Waals surface area (Å²) in [6.45, 7) is 3.14. The number of carbonyl (C=O) groups excluding carboxylic acids is 2. The molecule has 4 nitrogen and oxygen atoms in total. The van der Waals surface area contributed by atoms with E-state index in [0.717, 1.165) is 5.57 Å². The Morgan fingerprint density at radius 3 is 2.81 bits per heavy atom. The Balaban J connectivity index is 2.89. The molecule has 0 unspecified atom stereocenters. The van der Waals surface area contributed by atoms with Gasteiger partial charge in [0.25, 0.3) is 0 Å². The number of hydrogen-bond donors (Lipinski definition) is 1. The molecule has 0 aromatic carbocycles. The number of rotatable bonds is 3. The second-order valence-electron chi connectivity index (χ2n) is 3.77. The molecule has 1 atom stereocenters. The summed E-state index contributed by atoms with van der Waals surface area (Å²) in [6, 6.07) is 0. The van der Waals surface area contributed by atoms with Crippen LogP contribution in [0.15, 0.2) is 23.3 Å². The van der Waals surface area contributed by atoms with Gasteiger partial charge in [-0.2, -0.15) is 0 Å². The summed E-state index contributed by atoms with van der Waals surface area (Å²) in [5, 5.41) is 9.48. The molecular weight excluding hydrogens is 208 g/mol. The number of esters is 1. The van der Waals surface area contributed by atoms with Gasteiger partial charge >= 0.3 is 5.97 Å². The number of allylic oxidation sites excluding steroid dienone is 2. The standard InChI is InChI=1S/C12H16O4/c1-3-4-9-5-10(14)6-12(15)11(9)7-16-8(2)13/h3-4,10,14H,5-7H2,1-2H3/b4-3+/t10-/m1/s1. The van der Waals surface area contributed by atoms with Crippen molar-refractivity contribution in [3.05, 3.63) is 23.3 Å². The van der Waals surface area contributed by atoms with Crippen LogP contribution in [0.3, 0.4) is 0 Å². The van der Waals surface area contributed by atoms with Crippen LogP contribution in [0.1, 0.15) is 26.7 Å². The molecule has 0 aromatic rings. The zero-order valence-electron chi connectivity index (χ0n) is 9.53. The van der Waals surface area contributed by atoms with Gasteiger partial charge in [-0.15, -0.1) is 0 Å². The van der Waals surface area contributed by atoms with Crippen LogP contribution in [0.2, 0.25) is 0 Å². The molecule has 0 amide bonds. The van der Waals surface area contributed by atoms with Gasteiger partial charge in [-0.1, -0.05) is 12.2 Å². The van der Waals surface area contributed by atoms with Crippen LogP contribution < -0.4 is 0 Å². The van der Waals surface area contributed by atoms with E-state index in [1.807, 2.05) is 6.92 Å². The van der Waals surface area contributed by atoms with Gasteiger partial charge < -0.3 is 9.84 Å². The molecule has 0 aromatic heterocycles. The smallest absolute Gasteiger partial charge is 0.302 e. The highest BCUT2D eigenvalue weighted by atomic mass is 16.5. The van der Waals surface area contributed by atoms with Crippen LogP contribution in [-0.2, 0) is 14.3 Å². The molecule has 88 valence electrons. The van der Waals surface area contributed by atoms with Gasteiger partial charge in [0.2, 0.25) is 0 Å². The molecule has 0 spiro atoms. The Kier molecular flexibility index (Phi) is 4.43. The van der Waals surface area contributed by atoms with E-state index >= 15 is 0 Å². The molecule has 1 aliphatic carbocycles. The zero-order valence-corrected chi connectivity index (χ0v) is 9.53. The SMILES string of the molecule is C/C=C/C1=C(COC(C)=O)C(=O)C[C@H](O)C1. The Bertz CT molecular complexity index is 352. The van der Waals surface area contributed by atoms with Crippen molar-refractivity contribution in [1.29, 1.82) is 0 Å². The Morgan fingerprint density at radius 2 is 2.25 bits per heavy atom. The van der Waals surface area contributed by atoms with Gasteiger partial charge in [0.1, 0.15) is 6.61 Å². The molecule has 16 heavy (non-hydrogen) atoms. The fourth-order valence-corrected chi connectivity index (χ4v) is 1.68. The molecule has 0 radical (unpaired) electrons. The van der Waals surface area contributed by atoms with E-state index in [2.05, 4.69) is 0 Å². The van der Waals surface area contributed by atoms with E-state index in [4.69, 9.17) is 4.74 Å². The van der Waals surface area contributed by atoms with Gasteiger partial charge in [-0.25, -0.2) is 0 Å². The molecule has 0 saturated heterocycles. The van der Waals surface area contributed by atoms with Crippen LogP contribution in [-0.4, -0.2) is 29.6 Å². The number of carbonyl (C=O) groups is 2. The second-order valence-corrected chi connectivity index (χ2v) is 3.77. The Morgan fingerprint density at radius 1 is 1.56 bits per heavy atom. The van der Waals surface area contributed by atoms with Gasteiger partial charge in [0.15, 0.2) is 5.78 Å². The summed E-state index contributed by atoms with van der Waals surface area (Å²) in [5.41, 5.74) is 1.26. The maximum Gasteiger partial charge on any atom is 0.302 e. The normalized spacial score (nSPS) is 21.7. The molecule has 0 heterocycles. The van der Waals surface area contributed by atoms with E-state index in [1.165, 1.54) is 6.92 Å². The van der Waals surface area contributed by atoms with Crippen molar-refractivity contribution in [1.82, 2.24) is 0 Å². The first-order chi connectivity index (χ1) is 7.54. The summed E-state index contributed by atoms with van der Waals surface area (Å²) >= 11 is 0. The summed E-state index contributed by atoms with van der Waals surface area (Å²) in [7, 11) is 0. The van der Waals surface area contributed by atoms with Crippen LogP contribution in [0, 0.1) is 0 Å². The Hall–Kier alpha value is -1.42. The maximum absolute atomic E-state index is 11.7. The largest absolute Gasteiger partial charge is 0.461 e. The molecule has 0 fully saturated rings. The number of ether oxygens (including phenoxy) is 1. The summed E-state index contributed by atoms with van der Waals surface area (Å²) in [5.74, 6) is -0.556. The zero-order chi connectivity index (χ0) is 12.1. The van der Waals surface area contributed by atoms with E-state index < -0.39 is 12.1 Å². The van der Waals surface area contributed by atoms with E-state index in [1.54, 1.807) is 12.2 Å². The van der Waals surface area contributed by atoms with Crippen molar-refractivity contribution >= 4 is 11.8 Å². The highest BCUT2D eigenvalue weighted by molar-refractivity contribution is 5.98. The third-order valence-corrected chi connectivity index (χ3v) is 2.39. The van der Waals surface area contributed by atoms with Crippen molar-refractivity contribution in [2.24, 2.45) is 0 Å². The van der Waals surface area contributed by atoms with Crippen molar-refractivity contribution in [2.75, 3.05) is 6.61 Å². The van der Waals surface area contributed by atoms with Gasteiger partial charge in [-0.3, -0.25) is 9.59 Å². The topological polar surface area (TPSA) is 63.6 Å². The predicted octanol–water partition coefficient (Wildman–Crippen LogP) is 1.15. The second kappa shape index (κ2) is 5.61. The quantitative estimate of drug-likeness (QED) is 0.730. The lowest BCUT2D eigenvalue weighted by molar-refractivity contribution is -0.140. The fourth-order valence-electron chi connectivity index (χ4n) is 1.68. The third-order valence-electron chi connectivity index (χ3n) is 2.39. The first-order valence-electron chi connectivity index (χ1n) is 5.24. The number of Topliss-reactive ketones (excluding diaryl/α,β-unsaturated/α-hetero) is 1. The molecule has 1 rings (SSSR count). The minimum atomic E-state index is -0.625. The van der Waals surface area contributed by atoms with E-state index in [0.29, 0.717) is 12.0 Å². The average molecular weight is 224 g/mol. The Labute approximate surface area is 94.6 Å². The first-order valence-corrected chi connectivity index (χ1v) is 5.24. The summed E-state index contributed by atoms with van der Waals surface area (Å²) in [6.07, 6.45) is 3.50. The number of aliphatic hydroxyl groups is 1. The maximum atomic E-state index is 11.7. The first kappa shape index (κ1) is 12.6. The molecule has 1 aliphatic rings. The molecule has 1 N–H and O–H groups in total. The van der Waals surface area contributed by atoms with Crippen molar-refractivity contribution < 1.29 is 19.4 Å². The molecule has 0 bridgehead atoms. The minimum Gasteiger partial charge on any atom is -0.461 e. The van der Waals surface area contributed by atoms with Crippen molar-refractivity contribution in [2.45, 2.75) is 32.8 Å². The van der Waals surface area contributed by atoms with Gasteiger partial charge in [0.05, 0.1) is 6.10 Å². The van der Waals surface area contributed by atoms with Gasteiger partial charge in [0, 0.05) is 18.9 Å². The van der Waals surface area contributed by atoms with Crippen LogP contribution in [0.4, 0.5) is 0 Å². The van der Waals surface area contributed by atoms with E-state index in [-0.39, 0.29) is 18.8 Å². The monoisotopic (exact) mass is 224 g/mol. The van der Waals surface area contributed by atoms with Crippen molar-refractivity contribution in [3.8, 4) is 0 Å². The fraction of sp³-hybridized carbons (Fsp3) is 0.500. The number of hydrogen-bond acceptors (Lipinski definition) is 4. The summed E-state index contributed by atoms with van der Waals surface area (Å²) < 4.78 is 4.83.